The van der Waals surface area contributed by atoms with Crippen LogP contribution in [-0.2, 0) is 4.74 Å². The number of amides is 2. The molecule has 2 N–H and O–H groups in total. The molecule has 3 rings (SSSR count). The fraction of sp³-hybridized carbons (Fsp3) is 0.174. The summed E-state index contributed by atoms with van der Waals surface area (Å²) in [6.45, 7) is 5.04. The molecular formula is C23H21N3O6S. The summed E-state index contributed by atoms with van der Waals surface area (Å²) in [5.41, 5.74) is 2.20. The van der Waals surface area contributed by atoms with Crippen molar-refractivity contribution in [3.8, 4) is 0 Å². The molecular weight excluding hydrogens is 446 g/mol. The average molecular weight is 468 g/mol. The van der Waals surface area contributed by atoms with Crippen LogP contribution in [0.3, 0.4) is 0 Å². The molecule has 0 radical (unpaired) electrons. The third-order valence-electron chi connectivity index (χ3n) is 4.91. The lowest BCUT2D eigenvalue weighted by Gasteiger charge is -2.07. The Morgan fingerprint density at radius 1 is 1.00 bits per heavy atom. The SMILES string of the molecule is COC(=O)c1c(NC(=O)c2ccc(C)c([N+](=O)[O-])c2)sc(C(=O)Nc2cccc(C)c2)c1C. The van der Waals surface area contributed by atoms with E-state index in [-0.39, 0.29) is 26.7 Å². The topological polar surface area (TPSA) is 128 Å². The summed E-state index contributed by atoms with van der Waals surface area (Å²) in [5, 5.41) is 16.7. The number of rotatable bonds is 6. The number of esters is 1. The van der Waals surface area contributed by atoms with Crippen LogP contribution in [0.4, 0.5) is 16.4 Å². The van der Waals surface area contributed by atoms with Crippen molar-refractivity contribution in [1.29, 1.82) is 0 Å². The van der Waals surface area contributed by atoms with Crippen molar-refractivity contribution in [2.75, 3.05) is 17.7 Å². The van der Waals surface area contributed by atoms with Crippen molar-refractivity contribution >= 4 is 45.5 Å². The molecule has 0 bridgehead atoms. The second-order valence-electron chi connectivity index (χ2n) is 7.29. The van der Waals surface area contributed by atoms with Gasteiger partial charge in [0.15, 0.2) is 0 Å². The molecule has 10 heteroatoms. The number of nitro benzene ring substituents is 1. The van der Waals surface area contributed by atoms with Gasteiger partial charge >= 0.3 is 5.97 Å². The molecule has 0 unspecified atom stereocenters. The first-order valence-corrected chi connectivity index (χ1v) is 10.6. The Morgan fingerprint density at radius 3 is 2.36 bits per heavy atom. The predicted molar refractivity (Wildman–Crippen MR) is 125 cm³/mol. The monoisotopic (exact) mass is 467 g/mol. The van der Waals surface area contributed by atoms with Crippen LogP contribution in [0.1, 0.15) is 47.1 Å². The second kappa shape index (κ2) is 9.61. The third-order valence-corrected chi connectivity index (χ3v) is 6.12. The predicted octanol–water partition coefficient (Wildman–Crippen LogP) is 4.87. The van der Waals surface area contributed by atoms with Gasteiger partial charge in [0.05, 0.1) is 22.5 Å². The Hall–Kier alpha value is -4.05. The van der Waals surface area contributed by atoms with Crippen LogP contribution in [0.25, 0.3) is 0 Å². The van der Waals surface area contributed by atoms with E-state index in [1.54, 1.807) is 32.0 Å². The van der Waals surface area contributed by atoms with Gasteiger partial charge in [-0.15, -0.1) is 11.3 Å². The maximum absolute atomic E-state index is 12.9. The molecule has 0 fully saturated rings. The van der Waals surface area contributed by atoms with Crippen molar-refractivity contribution in [3.63, 3.8) is 0 Å². The van der Waals surface area contributed by atoms with E-state index in [1.807, 2.05) is 13.0 Å². The summed E-state index contributed by atoms with van der Waals surface area (Å²) in [6.07, 6.45) is 0. The van der Waals surface area contributed by atoms with E-state index in [0.717, 1.165) is 23.0 Å². The summed E-state index contributed by atoms with van der Waals surface area (Å²) in [6, 6.07) is 11.3. The van der Waals surface area contributed by atoms with Gasteiger partial charge in [-0.2, -0.15) is 0 Å². The fourth-order valence-corrected chi connectivity index (χ4v) is 4.28. The molecule has 0 spiro atoms. The van der Waals surface area contributed by atoms with Crippen LogP contribution in [0.15, 0.2) is 42.5 Å². The Balaban J connectivity index is 1.95. The largest absolute Gasteiger partial charge is 0.465 e. The Morgan fingerprint density at radius 2 is 1.73 bits per heavy atom. The summed E-state index contributed by atoms with van der Waals surface area (Å²) in [7, 11) is 1.20. The van der Waals surface area contributed by atoms with Gasteiger partial charge in [0, 0.05) is 22.9 Å². The zero-order chi connectivity index (χ0) is 24.3. The Bertz CT molecular complexity index is 1280. The smallest absolute Gasteiger partial charge is 0.341 e. The van der Waals surface area contributed by atoms with Crippen molar-refractivity contribution in [2.24, 2.45) is 0 Å². The molecule has 1 aromatic heterocycles. The number of carbonyl (C=O) groups excluding carboxylic acids is 3. The third kappa shape index (κ3) is 5.07. The minimum absolute atomic E-state index is 0.0416. The molecule has 0 atom stereocenters. The number of nitrogens with zero attached hydrogens (tertiary/aromatic N) is 1. The van der Waals surface area contributed by atoms with Crippen molar-refractivity contribution in [2.45, 2.75) is 20.8 Å². The lowest BCUT2D eigenvalue weighted by molar-refractivity contribution is -0.385. The minimum Gasteiger partial charge on any atom is -0.465 e. The maximum atomic E-state index is 12.9. The highest BCUT2D eigenvalue weighted by Gasteiger charge is 2.27. The summed E-state index contributed by atoms with van der Waals surface area (Å²) < 4.78 is 4.83. The molecule has 2 amide bonds. The number of carbonyl (C=O) groups is 3. The van der Waals surface area contributed by atoms with Crippen LogP contribution in [-0.4, -0.2) is 29.8 Å². The lowest BCUT2D eigenvalue weighted by Crippen LogP contribution is -2.15. The number of benzene rings is 2. The number of nitro groups is 1. The minimum atomic E-state index is -0.719. The Kier molecular flexibility index (Phi) is 6.88. The van der Waals surface area contributed by atoms with E-state index in [9.17, 15) is 24.5 Å². The summed E-state index contributed by atoms with van der Waals surface area (Å²) in [5.74, 6) is -1.82. The Labute approximate surface area is 193 Å². The molecule has 0 aliphatic rings. The van der Waals surface area contributed by atoms with Crippen LogP contribution in [0, 0.1) is 30.9 Å². The molecule has 33 heavy (non-hydrogen) atoms. The zero-order valence-electron chi connectivity index (χ0n) is 18.3. The van der Waals surface area contributed by atoms with Crippen LogP contribution >= 0.6 is 11.3 Å². The number of anilines is 2. The van der Waals surface area contributed by atoms with Gasteiger partial charge < -0.3 is 15.4 Å². The van der Waals surface area contributed by atoms with Gasteiger partial charge in [-0.05, 0) is 50.1 Å². The van der Waals surface area contributed by atoms with E-state index in [4.69, 9.17) is 4.74 Å². The molecule has 0 saturated carbocycles. The van der Waals surface area contributed by atoms with Crippen LogP contribution < -0.4 is 10.6 Å². The summed E-state index contributed by atoms with van der Waals surface area (Å²) in [4.78, 5) is 49.0. The number of ether oxygens (including phenoxy) is 1. The molecule has 0 aliphatic carbocycles. The van der Waals surface area contributed by atoms with Crippen molar-refractivity contribution < 1.29 is 24.0 Å². The van der Waals surface area contributed by atoms with E-state index >= 15 is 0 Å². The maximum Gasteiger partial charge on any atom is 0.341 e. The van der Waals surface area contributed by atoms with E-state index in [1.165, 1.54) is 19.2 Å². The van der Waals surface area contributed by atoms with Gasteiger partial charge in [-0.25, -0.2) is 4.79 Å². The number of methoxy groups -OCH3 is 1. The normalized spacial score (nSPS) is 10.4. The van der Waals surface area contributed by atoms with Gasteiger partial charge in [0.2, 0.25) is 0 Å². The quantitative estimate of drug-likeness (QED) is 0.302. The van der Waals surface area contributed by atoms with Gasteiger partial charge in [-0.1, -0.05) is 18.2 Å². The molecule has 0 saturated heterocycles. The standard InChI is InChI=1S/C23H21N3O6S/c1-12-6-5-7-16(10-12)24-21(28)19-14(3)18(23(29)32-4)22(33-19)25-20(27)15-9-8-13(2)17(11-15)26(30)31/h5-11H,1-4H3,(H,24,28)(H,25,27). The molecule has 2 aromatic carbocycles. The first-order valence-electron chi connectivity index (χ1n) is 9.78. The molecule has 0 aliphatic heterocycles. The first kappa shape index (κ1) is 23.6. The van der Waals surface area contributed by atoms with E-state index in [2.05, 4.69) is 10.6 Å². The van der Waals surface area contributed by atoms with E-state index in [0.29, 0.717) is 16.8 Å². The molecule has 3 aromatic rings. The number of hydrogen-bond acceptors (Lipinski definition) is 7. The lowest BCUT2D eigenvalue weighted by atomic mass is 10.1. The molecule has 9 nitrogen and oxygen atoms in total. The van der Waals surface area contributed by atoms with Crippen molar-refractivity contribution in [3.05, 3.63) is 85.3 Å². The number of hydrogen-bond donors (Lipinski definition) is 2. The highest BCUT2D eigenvalue weighted by molar-refractivity contribution is 7.19. The van der Waals surface area contributed by atoms with Crippen molar-refractivity contribution in [1.82, 2.24) is 0 Å². The molecule has 1 heterocycles. The molecule has 170 valence electrons. The number of nitrogens with one attached hydrogen (secondary N) is 2. The van der Waals surface area contributed by atoms with Gasteiger partial charge in [-0.3, -0.25) is 19.7 Å². The fourth-order valence-electron chi connectivity index (χ4n) is 3.20. The summed E-state index contributed by atoms with van der Waals surface area (Å²) >= 11 is 0.919. The van der Waals surface area contributed by atoms with Crippen LogP contribution in [0.5, 0.6) is 0 Å². The zero-order valence-corrected chi connectivity index (χ0v) is 19.2. The van der Waals surface area contributed by atoms with Crippen LogP contribution in [0.2, 0.25) is 0 Å². The highest BCUT2D eigenvalue weighted by Crippen LogP contribution is 2.35. The van der Waals surface area contributed by atoms with Gasteiger partial charge in [0.1, 0.15) is 5.00 Å². The number of thiophene rings is 1. The average Bonchev–Trinajstić information content (AvgIpc) is 3.09. The number of aryl methyl sites for hydroxylation is 2. The van der Waals surface area contributed by atoms with E-state index < -0.39 is 22.7 Å². The second-order valence-corrected chi connectivity index (χ2v) is 8.31. The van der Waals surface area contributed by atoms with Gasteiger partial charge in [0.25, 0.3) is 17.5 Å². The first-order chi connectivity index (χ1) is 15.6. The highest BCUT2D eigenvalue weighted by atomic mass is 32.1.